The molecule has 0 aliphatic carbocycles. The number of carboxylic acid groups (broad SMARTS) is 1. The van der Waals surface area contributed by atoms with Gasteiger partial charge in [0, 0.05) is 5.57 Å². The van der Waals surface area contributed by atoms with Gasteiger partial charge in [-0.2, -0.15) is 0 Å². The molecule has 0 radical (unpaired) electrons. The fourth-order valence-corrected chi connectivity index (χ4v) is 2.04. The molecule has 2 rings (SSSR count). The number of rotatable bonds is 3. The van der Waals surface area contributed by atoms with Crippen LogP contribution < -0.4 is 0 Å². The lowest BCUT2D eigenvalue weighted by Crippen LogP contribution is -2.00. The minimum Gasteiger partial charge on any atom is -0.478 e. The molecule has 0 bridgehead atoms. The van der Waals surface area contributed by atoms with E-state index in [2.05, 4.69) is 6.58 Å². The maximum absolute atomic E-state index is 11.1. The molecule has 2 nitrogen and oxygen atoms in total. The zero-order chi connectivity index (χ0) is 13.1. The van der Waals surface area contributed by atoms with Gasteiger partial charge in [0.15, 0.2) is 0 Å². The average Bonchev–Trinajstić information content (AvgIpc) is 2.39. The van der Waals surface area contributed by atoms with Gasteiger partial charge in [0.2, 0.25) is 0 Å². The SMILES string of the molecule is C=C/C(=C(/C)C(=O)O)c1cccc2ccccc12. The van der Waals surface area contributed by atoms with E-state index in [1.54, 1.807) is 13.0 Å². The number of aliphatic carboxylic acids is 1. The van der Waals surface area contributed by atoms with Crippen LogP contribution in [0.1, 0.15) is 12.5 Å². The van der Waals surface area contributed by atoms with Crippen molar-refractivity contribution in [3.63, 3.8) is 0 Å². The zero-order valence-corrected chi connectivity index (χ0v) is 10.2. The molecule has 0 aromatic heterocycles. The quantitative estimate of drug-likeness (QED) is 0.650. The summed E-state index contributed by atoms with van der Waals surface area (Å²) in [7, 11) is 0. The lowest BCUT2D eigenvalue weighted by Gasteiger charge is -2.09. The number of benzene rings is 2. The molecule has 0 unspecified atom stereocenters. The van der Waals surface area contributed by atoms with Crippen molar-refractivity contribution in [1.29, 1.82) is 0 Å². The van der Waals surface area contributed by atoms with Gasteiger partial charge in [-0.15, -0.1) is 0 Å². The van der Waals surface area contributed by atoms with Crippen LogP contribution in [0.15, 0.2) is 60.7 Å². The van der Waals surface area contributed by atoms with Crippen molar-refractivity contribution in [2.75, 3.05) is 0 Å². The van der Waals surface area contributed by atoms with Gasteiger partial charge >= 0.3 is 5.97 Å². The van der Waals surface area contributed by atoms with Crippen LogP contribution in [0.3, 0.4) is 0 Å². The Morgan fingerprint density at radius 2 is 1.83 bits per heavy atom. The van der Waals surface area contributed by atoms with E-state index in [1.807, 2.05) is 42.5 Å². The Balaban J connectivity index is 2.78. The van der Waals surface area contributed by atoms with Crippen LogP contribution in [0.5, 0.6) is 0 Å². The van der Waals surface area contributed by atoms with Crippen LogP contribution in [-0.2, 0) is 4.79 Å². The van der Waals surface area contributed by atoms with Gasteiger partial charge in [-0.25, -0.2) is 4.79 Å². The van der Waals surface area contributed by atoms with Gasteiger partial charge in [-0.1, -0.05) is 55.1 Å². The van der Waals surface area contributed by atoms with E-state index < -0.39 is 5.97 Å². The summed E-state index contributed by atoms with van der Waals surface area (Å²) in [6.07, 6.45) is 1.60. The van der Waals surface area contributed by atoms with E-state index in [0.717, 1.165) is 16.3 Å². The molecule has 90 valence electrons. The van der Waals surface area contributed by atoms with Crippen molar-refractivity contribution in [3.05, 3.63) is 66.3 Å². The second-order valence-electron chi connectivity index (χ2n) is 4.07. The minimum atomic E-state index is -0.919. The highest BCUT2D eigenvalue weighted by molar-refractivity contribution is 6.04. The molecule has 2 aromatic rings. The molecule has 2 aromatic carbocycles. The second-order valence-corrected chi connectivity index (χ2v) is 4.07. The fourth-order valence-electron chi connectivity index (χ4n) is 2.04. The van der Waals surface area contributed by atoms with Crippen molar-refractivity contribution in [2.45, 2.75) is 6.92 Å². The van der Waals surface area contributed by atoms with E-state index in [-0.39, 0.29) is 0 Å². The third kappa shape index (κ3) is 2.05. The Morgan fingerprint density at radius 3 is 2.50 bits per heavy atom. The monoisotopic (exact) mass is 238 g/mol. The maximum atomic E-state index is 11.1. The van der Waals surface area contributed by atoms with Crippen molar-refractivity contribution in [3.8, 4) is 0 Å². The maximum Gasteiger partial charge on any atom is 0.331 e. The largest absolute Gasteiger partial charge is 0.478 e. The van der Waals surface area contributed by atoms with Crippen LogP contribution in [-0.4, -0.2) is 11.1 Å². The normalized spacial score (nSPS) is 12.1. The number of carboxylic acids is 1. The van der Waals surface area contributed by atoms with Gasteiger partial charge < -0.3 is 5.11 Å². The first-order valence-electron chi connectivity index (χ1n) is 5.70. The highest BCUT2D eigenvalue weighted by atomic mass is 16.4. The zero-order valence-electron chi connectivity index (χ0n) is 10.2. The molecule has 0 heterocycles. The molecule has 0 saturated carbocycles. The van der Waals surface area contributed by atoms with Crippen LogP contribution >= 0.6 is 0 Å². The Kier molecular flexibility index (Phi) is 3.28. The first-order valence-corrected chi connectivity index (χ1v) is 5.70. The summed E-state index contributed by atoms with van der Waals surface area (Å²) in [5.41, 5.74) is 1.88. The van der Waals surface area contributed by atoms with E-state index in [1.165, 1.54) is 0 Å². The third-order valence-corrected chi connectivity index (χ3v) is 3.01. The van der Waals surface area contributed by atoms with Crippen molar-refractivity contribution < 1.29 is 9.90 Å². The molecule has 0 aliphatic heterocycles. The standard InChI is InChI=1S/C16H14O2/c1-3-13(11(2)16(17)18)15-10-6-8-12-7-4-5-9-14(12)15/h3-10H,1H2,2H3,(H,17,18)/b13-11+. The Hall–Kier alpha value is -2.35. The topological polar surface area (TPSA) is 37.3 Å². The smallest absolute Gasteiger partial charge is 0.331 e. The fraction of sp³-hybridized carbons (Fsp3) is 0.0625. The van der Waals surface area contributed by atoms with Crippen molar-refractivity contribution in [2.24, 2.45) is 0 Å². The van der Waals surface area contributed by atoms with Gasteiger partial charge in [0.05, 0.1) is 0 Å². The van der Waals surface area contributed by atoms with Gasteiger partial charge in [-0.3, -0.25) is 0 Å². The van der Waals surface area contributed by atoms with Crippen LogP contribution in [0, 0.1) is 0 Å². The molecule has 1 N–H and O–H groups in total. The molecule has 0 aliphatic rings. The summed E-state index contributed by atoms with van der Waals surface area (Å²) >= 11 is 0. The summed E-state index contributed by atoms with van der Waals surface area (Å²) in [6.45, 7) is 5.32. The summed E-state index contributed by atoms with van der Waals surface area (Å²) in [5, 5.41) is 11.2. The molecule has 0 amide bonds. The van der Waals surface area contributed by atoms with Crippen LogP contribution in [0.2, 0.25) is 0 Å². The number of fused-ring (bicyclic) bond motifs is 1. The second kappa shape index (κ2) is 4.88. The summed E-state index contributed by atoms with van der Waals surface area (Å²) in [6, 6.07) is 13.8. The summed E-state index contributed by atoms with van der Waals surface area (Å²) in [5.74, 6) is -0.919. The van der Waals surface area contributed by atoms with Gasteiger partial charge in [-0.05, 0) is 28.8 Å². The lowest BCUT2D eigenvalue weighted by molar-refractivity contribution is -0.132. The van der Waals surface area contributed by atoms with Crippen molar-refractivity contribution >= 4 is 22.3 Å². The Bertz CT molecular complexity index is 646. The van der Waals surface area contributed by atoms with Crippen LogP contribution in [0.25, 0.3) is 16.3 Å². The molecule has 0 fully saturated rings. The summed E-state index contributed by atoms with van der Waals surface area (Å²) in [4.78, 5) is 11.1. The van der Waals surface area contributed by atoms with E-state index >= 15 is 0 Å². The molecular formula is C16H14O2. The first-order chi connectivity index (χ1) is 8.65. The van der Waals surface area contributed by atoms with Gasteiger partial charge in [0.25, 0.3) is 0 Å². The minimum absolute atomic E-state index is 0.307. The third-order valence-electron chi connectivity index (χ3n) is 3.01. The molecular weight excluding hydrogens is 224 g/mol. The average molecular weight is 238 g/mol. The lowest BCUT2D eigenvalue weighted by atomic mass is 9.95. The molecule has 0 spiro atoms. The number of carbonyl (C=O) groups is 1. The molecule has 0 atom stereocenters. The predicted octanol–water partition coefficient (Wildman–Crippen LogP) is 3.88. The molecule has 0 saturated heterocycles. The van der Waals surface area contributed by atoms with E-state index in [4.69, 9.17) is 5.11 Å². The molecule has 18 heavy (non-hydrogen) atoms. The van der Waals surface area contributed by atoms with Crippen molar-refractivity contribution in [1.82, 2.24) is 0 Å². The number of allylic oxidation sites excluding steroid dienone is 2. The predicted molar refractivity (Wildman–Crippen MR) is 74.4 cm³/mol. The number of hydrogen-bond acceptors (Lipinski definition) is 1. The Labute approximate surface area is 106 Å². The molecule has 2 heteroatoms. The Morgan fingerprint density at radius 1 is 1.17 bits per heavy atom. The summed E-state index contributed by atoms with van der Waals surface area (Å²) < 4.78 is 0. The first kappa shape index (κ1) is 12.1. The van der Waals surface area contributed by atoms with E-state index in [9.17, 15) is 4.79 Å². The number of hydrogen-bond donors (Lipinski definition) is 1. The van der Waals surface area contributed by atoms with E-state index in [0.29, 0.717) is 11.1 Å². The highest BCUT2D eigenvalue weighted by Crippen LogP contribution is 2.27. The highest BCUT2D eigenvalue weighted by Gasteiger charge is 2.10. The van der Waals surface area contributed by atoms with Crippen LogP contribution in [0.4, 0.5) is 0 Å². The van der Waals surface area contributed by atoms with Gasteiger partial charge in [0.1, 0.15) is 0 Å².